The lowest BCUT2D eigenvalue weighted by atomic mass is 9.87. The molecule has 0 saturated carbocycles. The van der Waals surface area contributed by atoms with E-state index in [9.17, 15) is 18.4 Å². The quantitative estimate of drug-likeness (QED) is 0.177. The minimum Gasteiger partial charge on any atom is -0.462 e. The fourth-order valence-corrected chi connectivity index (χ4v) is 6.47. The molecule has 46 heavy (non-hydrogen) atoms. The number of carbonyl (C=O) groups is 2. The zero-order chi connectivity index (χ0) is 31.9. The molecule has 6 nitrogen and oxygen atoms in total. The first-order valence-corrected chi connectivity index (χ1v) is 16.0. The Labute approximate surface area is 268 Å². The van der Waals surface area contributed by atoms with Crippen molar-refractivity contribution in [3.63, 3.8) is 0 Å². The van der Waals surface area contributed by atoms with E-state index in [1.807, 2.05) is 30.3 Å². The SMILES string of the molecule is O=C(OCCC1CCN(CC(=O)N2CCCC(c3ccc(F)cc3)c3ccc(F)cc32)CC1)c1ccc(Oc2ccccc2)cc1. The van der Waals surface area contributed by atoms with Crippen molar-refractivity contribution in [2.45, 2.75) is 38.0 Å². The third-order valence-electron chi connectivity index (χ3n) is 9.00. The van der Waals surface area contributed by atoms with Gasteiger partial charge in [-0.15, -0.1) is 0 Å². The number of hydrogen-bond acceptors (Lipinski definition) is 5. The summed E-state index contributed by atoms with van der Waals surface area (Å²) in [5.41, 5.74) is 2.94. The van der Waals surface area contributed by atoms with Crippen LogP contribution >= 0.6 is 0 Å². The highest BCUT2D eigenvalue weighted by atomic mass is 19.1. The van der Waals surface area contributed by atoms with Gasteiger partial charge in [0.2, 0.25) is 5.91 Å². The summed E-state index contributed by atoms with van der Waals surface area (Å²) in [5.74, 6) is 0.671. The Hall–Kier alpha value is -4.56. The molecular formula is C38H38F2N2O4. The molecule has 2 heterocycles. The Morgan fingerprint density at radius 2 is 1.46 bits per heavy atom. The Morgan fingerprint density at radius 1 is 0.761 bits per heavy atom. The van der Waals surface area contributed by atoms with Gasteiger partial charge in [0.15, 0.2) is 0 Å². The predicted molar refractivity (Wildman–Crippen MR) is 173 cm³/mol. The van der Waals surface area contributed by atoms with Gasteiger partial charge in [0.25, 0.3) is 0 Å². The van der Waals surface area contributed by atoms with Crippen molar-refractivity contribution < 1.29 is 27.8 Å². The largest absolute Gasteiger partial charge is 0.462 e. The zero-order valence-electron chi connectivity index (χ0n) is 25.7. The van der Waals surface area contributed by atoms with Crippen molar-refractivity contribution in [2.24, 2.45) is 5.92 Å². The highest BCUT2D eigenvalue weighted by molar-refractivity contribution is 5.96. The molecule has 8 heteroatoms. The number of piperidine rings is 1. The average Bonchev–Trinajstić information content (AvgIpc) is 3.26. The zero-order valence-corrected chi connectivity index (χ0v) is 25.7. The normalized spacial score (nSPS) is 17.2. The smallest absolute Gasteiger partial charge is 0.338 e. The molecule has 0 radical (unpaired) electrons. The van der Waals surface area contributed by atoms with Crippen LogP contribution in [0.25, 0.3) is 0 Å². The third-order valence-corrected chi connectivity index (χ3v) is 9.00. The standard InChI is InChI=1S/C38H38F2N2O4/c39-30-12-8-28(9-13-30)34-7-4-21-42(36-25-31(40)14-17-35(34)36)37(43)26-41-22-18-27(19-23-41)20-24-45-38(44)29-10-15-33(16-11-29)46-32-5-2-1-3-6-32/h1-3,5-6,8-17,25,27,34H,4,7,18-24,26H2. The number of fused-ring (bicyclic) bond motifs is 1. The van der Waals surface area contributed by atoms with Crippen LogP contribution in [0, 0.1) is 17.6 Å². The minimum atomic E-state index is -0.382. The van der Waals surface area contributed by atoms with Gasteiger partial charge in [-0.05, 0) is 123 Å². The molecule has 6 rings (SSSR count). The average molecular weight is 625 g/mol. The summed E-state index contributed by atoms with van der Waals surface area (Å²) in [7, 11) is 0. The lowest BCUT2D eigenvalue weighted by Crippen LogP contribution is -2.44. The second-order valence-corrected chi connectivity index (χ2v) is 12.1. The van der Waals surface area contributed by atoms with Crippen LogP contribution < -0.4 is 9.64 Å². The van der Waals surface area contributed by atoms with E-state index in [4.69, 9.17) is 9.47 Å². The van der Waals surface area contributed by atoms with Crippen molar-refractivity contribution in [3.05, 3.63) is 125 Å². The fourth-order valence-electron chi connectivity index (χ4n) is 6.47. The number of hydrogen-bond donors (Lipinski definition) is 0. The van der Waals surface area contributed by atoms with Crippen LogP contribution in [-0.4, -0.2) is 49.6 Å². The van der Waals surface area contributed by atoms with E-state index in [1.165, 1.54) is 24.3 Å². The third kappa shape index (κ3) is 7.80. The Kier molecular flexibility index (Phi) is 10.0. The number of rotatable bonds is 9. The van der Waals surface area contributed by atoms with E-state index in [2.05, 4.69) is 4.90 Å². The van der Waals surface area contributed by atoms with Gasteiger partial charge in [-0.25, -0.2) is 13.6 Å². The second kappa shape index (κ2) is 14.7. The Bertz CT molecular complexity index is 1620. The van der Waals surface area contributed by atoms with E-state index in [0.29, 0.717) is 36.1 Å². The highest BCUT2D eigenvalue weighted by Gasteiger charge is 2.30. The van der Waals surface area contributed by atoms with E-state index < -0.39 is 0 Å². The molecule has 0 N–H and O–H groups in total. The molecule has 2 aliphatic rings. The van der Waals surface area contributed by atoms with Gasteiger partial charge in [-0.2, -0.15) is 0 Å². The van der Waals surface area contributed by atoms with Crippen molar-refractivity contribution in [1.82, 2.24) is 4.90 Å². The van der Waals surface area contributed by atoms with Gasteiger partial charge >= 0.3 is 5.97 Å². The number of esters is 1. The molecule has 1 atom stereocenters. The number of halogens is 2. The number of likely N-dealkylation sites (tertiary alicyclic amines) is 1. The molecular weight excluding hydrogens is 586 g/mol. The number of amides is 1. The van der Waals surface area contributed by atoms with Crippen LogP contribution in [-0.2, 0) is 9.53 Å². The maximum absolute atomic E-state index is 14.5. The van der Waals surface area contributed by atoms with E-state index in [-0.39, 0.29) is 36.0 Å². The van der Waals surface area contributed by atoms with E-state index >= 15 is 0 Å². The summed E-state index contributed by atoms with van der Waals surface area (Å²) in [6.07, 6.45) is 4.14. The summed E-state index contributed by atoms with van der Waals surface area (Å²) in [4.78, 5) is 30.1. The number of nitrogens with zero attached hydrogens (tertiary/aromatic N) is 2. The molecule has 0 aliphatic carbocycles. The van der Waals surface area contributed by atoms with Gasteiger partial charge in [-0.3, -0.25) is 9.69 Å². The topological polar surface area (TPSA) is 59.1 Å². The van der Waals surface area contributed by atoms with Crippen LogP contribution in [0.1, 0.15) is 59.5 Å². The molecule has 1 unspecified atom stereocenters. The number of ether oxygens (including phenoxy) is 2. The number of anilines is 1. The number of benzene rings is 4. The van der Waals surface area contributed by atoms with Crippen molar-refractivity contribution in [3.8, 4) is 11.5 Å². The first-order valence-electron chi connectivity index (χ1n) is 16.0. The molecule has 1 fully saturated rings. The van der Waals surface area contributed by atoms with Gasteiger partial charge < -0.3 is 14.4 Å². The van der Waals surface area contributed by atoms with Crippen molar-refractivity contribution in [1.29, 1.82) is 0 Å². The van der Waals surface area contributed by atoms with Gasteiger partial charge in [-0.1, -0.05) is 36.4 Å². The molecule has 1 amide bonds. The molecule has 0 bridgehead atoms. The maximum atomic E-state index is 14.5. The fraction of sp³-hybridized carbons (Fsp3) is 0.316. The van der Waals surface area contributed by atoms with E-state index in [0.717, 1.165) is 62.1 Å². The molecule has 4 aromatic rings. The summed E-state index contributed by atoms with van der Waals surface area (Å²) in [6.45, 7) is 2.67. The lowest BCUT2D eigenvalue weighted by Gasteiger charge is -2.33. The van der Waals surface area contributed by atoms with Crippen LogP contribution in [0.5, 0.6) is 11.5 Å². The van der Waals surface area contributed by atoms with Gasteiger partial charge in [0, 0.05) is 12.5 Å². The Morgan fingerprint density at radius 3 is 2.20 bits per heavy atom. The molecule has 2 aliphatic heterocycles. The summed E-state index contributed by atoms with van der Waals surface area (Å²) >= 11 is 0. The maximum Gasteiger partial charge on any atom is 0.338 e. The first kappa shape index (κ1) is 31.4. The van der Waals surface area contributed by atoms with Crippen LogP contribution in [0.4, 0.5) is 14.5 Å². The van der Waals surface area contributed by atoms with Crippen LogP contribution in [0.15, 0.2) is 97.1 Å². The second-order valence-electron chi connectivity index (χ2n) is 12.1. The highest BCUT2D eigenvalue weighted by Crippen LogP contribution is 2.39. The minimum absolute atomic E-state index is 0.0353. The predicted octanol–water partition coefficient (Wildman–Crippen LogP) is 7.97. The first-order chi connectivity index (χ1) is 22.4. The summed E-state index contributed by atoms with van der Waals surface area (Å²) in [5, 5.41) is 0. The monoisotopic (exact) mass is 624 g/mol. The summed E-state index contributed by atoms with van der Waals surface area (Å²) in [6, 6.07) is 27.5. The lowest BCUT2D eigenvalue weighted by molar-refractivity contribution is -0.120. The van der Waals surface area contributed by atoms with Gasteiger partial charge in [0.1, 0.15) is 23.1 Å². The van der Waals surface area contributed by atoms with Gasteiger partial charge in [0.05, 0.1) is 24.4 Å². The molecule has 0 spiro atoms. The number of para-hydroxylation sites is 1. The van der Waals surface area contributed by atoms with Crippen molar-refractivity contribution in [2.75, 3.05) is 37.7 Å². The molecule has 1 saturated heterocycles. The Balaban J connectivity index is 0.972. The van der Waals surface area contributed by atoms with E-state index in [1.54, 1.807) is 47.4 Å². The number of carbonyl (C=O) groups excluding carboxylic acids is 2. The van der Waals surface area contributed by atoms with Crippen molar-refractivity contribution >= 4 is 17.6 Å². The molecule has 238 valence electrons. The molecule has 4 aromatic carbocycles. The molecule has 0 aromatic heterocycles. The van der Waals surface area contributed by atoms with Crippen LogP contribution in [0.3, 0.4) is 0 Å². The van der Waals surface area contributed by atoms with Crippen LogP contribution in [0.2, 0.25) is 0 Å². The summed E-state index contributed by atoms with van der Waals surface area (Å²) < 4.78 is 39.4.